The molecule has 0 saturated heterocycles. The number of rotatable bonds is 1. The van der Waals surface area contributed by atoms with Gasteiger partial charge in [0, 0.05) is 5.41 Å². The summed E-state index contributed by atoms with van der Waals surface area (Å²) in [6, 6.07) is 0. The van der Waals surface area contributed by atoms with Gasteiger partial charge in [-0.15, -0.1) is 0 Å². The summed E-state index contributed by atoms with van der Waals surface area (Å²) in [5, 5.41) is 0. The van der Waals surface area contributed by atoms with Gasteiger partial charge in [0.2, 0.25) is 0 Å². The predicted molar refractivity (Wildman–Crippen MR) is 74.2 cm³/mol. The normalized spacial score (nSPS) is 53.3. The number of fused-ring (bicyclic) bond motifs is 1. The van der Waals surface area contributed by atoms with Crippen molar-refractivity contribution in [1.29, 1.82) is 0 Å². The Hall–Kier alpha value is -0.330. The fraction of sp³-hybridized carbons (Fsp3) is 0.941. The first kappa shape index (κ1) is 12.7. The third-order valence-electron chi connectivity index (χ3n) is 7.65. The van der Waals surface area contributed by atoms with E-state index in [2.05, 4.69) is 27.7 Å². The molecule has 0 aliphatic heterocycles. The minimum Gasteiger partial charge on any atom is -0.299 e. The van der Waals surface area contributed by atoms with Crippen molar-refractivity contribution in [3.63, 3.8) is 0 Å². The number of carbonyl (C=O) groups is 1. The van der Waals surface area contributed by atoms with Crippen molar-refractivity contribution in [2.75, 3.05) is 0 Å². The fourth-order valence-electron chi connectivity index (χ4n) is 6.41. The smallest absolute Gasteiger partial charge is 0.136 e. The van der Waals surface area contributed by atoms with Gasteiger partial charge < -0.3 is 0 Å². The first-order valence-electron chi connectivity index (χ1n) is 7.77. The van der Waals surface area contributed by atoms with Crippen molar-refractivity contribution in [3.05, 3.63) is 0 Å². The van der Waals surface area contributed by atoms with E-state index in [1.807, 2.05) is 6.92 Å². The van der Waals surface area contributed by atoms with Crippen molar-refractivity contribution in [3.8, 4) is 0 Å². The molecule has 0 amide bonds. The SMILES string of the molecule is CC(=O)[C@]1(C)CC[C@H]2C(C)(C)[C@@H]3C[C@@]21CC[C@H]3C. The molecule has 1 spiro atoms. The molecule has 3 aliphatic rings. The van der Waals surface area contributed by atoms with E-state index < -0.39 is 0 Å². The van der Waals surface area contributed by atoms with Crippen LogP contribution in [-0.4, -0.2) is 5.78 Å². The van der Waals surface area contributed by atoms with Crippen molar-refractivity contribution in [1.82, 2.24) is 0 Å². The van der Waals surface area contributed by atoms with E-state index in [4.69, 9.17) is 0 Å². The molecule has 0 aromatic rings. The summed E-state index contributed by atoms with van der Waals surface area (Å²) in [6.07, 6.45) is 6.38. The van der Waals surface area contributed by atoms with E-state index in [0.29, 0.717) is 16.6 Å². The Kier molecular flexibility index (Phi) is 2.40. The Morgan fingerprint density at radius 1 is 1.11 bits per heavy atom. The highest BCUT2D eigenvalue weighted by atomic mass is 16.1. The van der Waals surface area contributed by atoms with E-state index >= 15 is 0 Å². The zero-order valence-corrected chi connectivity index (χ0v) is 12.7. The summed E-state index contributed by atoms with van der Waals surface area (Å²) in [5.41, 5.74) is 0.770. The van der Waals surface area contributed by atoms with E-state index in [0.717, 1.165) is 24.2 Å². The Morgan fingerprint density at radius 3 is 2.39 bits per heavy atom. The van der Waals surface area contributed by atoms with Crippen molar-refractivity contribution >= 4 is 5.78 Å². The quantitative estimate of drug-likeness (QED) is 0.670. The molecule has 3 saturated carbocycles. The van der Waals surface area contributed by atoms with Crippen LogP contribution >= 0.6 is 0 Å². The third-order valence-corrected chi connectivity index (χ3v) is 7.65. The second-order valence-electron chi connectivity index (χ2n) is 8.28. The number of ketones is 1. The highest BCUT2D eigenvalue weighted by Gasteiger charge is 2.70. The Bertz CT molecular complexity index is 396. The van der Waals surface area contributed by atoms with Gasteiger partial charge in [-0.1, -0.05) is 27.7 Å². The highest BCUT2D eigenvalue weighted by Crippen LogP contribution is 2.76. The molecule has 0 radical (unpaired) electrons. The molecule has 3 aliphatic carbocycles. The fourth-order valence-corrected chi connectivity index (χ4v) is 6.41. The van der Waals surface area contributed by atoms with Crippen molar-refractivity contribution < 1.29 is 4.79 Å². The molecule has 0 heterocycles. The summed E-state index contributed by atoms with van der Waals surface area (Å²) in [6.45, 7) is 11.5. The molecule has 0 aromatic heterocycles. The molecule has 0 N–H and O–H groups in total. The second-order valence-corrected chi connectivity index (χ2v) is 8.28. The predicted octanol–water partition coefficient (Wildman–Crippen LogP) is 4.45. The Labute approximate surface area is 112 Å². The van der Waals surface area contributed by atoms with Gasteiger partial charge in [-0.2, -0.15) is 0 Å². The number of Topliss-reactive ketones (excluding diaryl/α,β-unsaturated/α-hetero) is 1. The molecule has 102 valence electrons. The van der Waals surface area contributed by atoms with E-state index in [1.54, 1.807) is 0 Å². The molecule has 0 aromatic carbocycles. The Morgan fingerprint density at radius 2 is 1.78 bits per heavy atom. The molecule has 3 fully saturated rings. The molecule has 3 rings (SSSR count). The third kappa shape index (κ3) is 1.17. The van der Waals surface area contributed by atoms with Crippen LogP contribution in [0.5, 0.6) is 0 Å². The maximum Gasteiger partial charge on any atom is 0.136 e. The van der Waals surface area contributed by atoms with Gasteiger partial charge >= 0.3 is 0 Å². The average molecular weight is 248 g/mol. The average Bonchev–Trinajstić information content (AvgIpc) is 2.67. The summed E-state index contributed by atoms with van der Waals surface area (Å²) >= 11 is 0. The van der Waals surface area contributed by atoms with Crippen LogP contribution in [0.15, 0.2) is 0 Å². The maximum atomic E-state index is 12.3. The second kappa shape index (κ2) is 3.41. The molecule has 5 atom stereocenters. The van der Waals surface area contributed by atoms with Gasteiger partial charge in [-0.05, 0) is 67.6 Å². The van der Waals surface area contributed by atoms with Gasteiger partial charge in [-0.3, -0.25) is 4.79 Å². The highest BCUT2D eigenvalue weighted by molar-refractivity contribution is 5.83. The van der Waals surface area contributed by atoms with E-state index in [-0.39, 0.29) is 5.41 Å². The summed E-state index contributed by atoms with van der Waals surface area (Å²) in [5.74, 6) is 2.94. The molecule has 1 heteroatoms. The zero-order chi connectivity index (χ0) is 13.3. The lowest BCUT2D eigenvalue weighted by Crippen LogP contribution is -2.44. The Balaban J connectivity index is 2.11. The molecular formula is C17H28O. The first-order valence-corrected chi connectivity index (χ1v) is 7.77. The molecule has 18 heavy (non-hydrogen) atoms. The summed E-state index contributed by atoms with van der Waals surface area (Å²) in [4.78, 5) is 12.3. The zero-order valence-electron chi connectivity index (χ0n) is 12.7. The van der Waals surface area contributed by atoms with E-state index in [9.17, 15) is 4.79 Å². The summed E-state index contributed by atoms with van der Waals surface area (Å²) in [7, 11) is 0. The van der Waals surface area contributed by atoms with Crippen LogP contribution in [0.2, 0.25) is 0 Å². The number of hydrogen-bond donors (Lipinski definition) is 0. The van der Waals surface area contributed by atoms with Crippen LogP contribution in [0.4, 0.5) is 0 Å². The van der Waals surface area contributed by atoms with Crippen molar-refractivity contribution in [2.45, 2.75) is 66.7 Å². The van der Waals surface area contributed by atoms with Crippen LogP contribution in [0.3, 0.4) is 0 Å². The molecule has 0 unspecified atom stereocenters. The molecule has 1 nitrogen and oxygen atoms in total. The van der Waals surface area contributed by atoms with Crippen molar-refractivity contribution in [2.24, 2.45) is 34.0 Å². The van der Waals surface area contributed by atoms with Gasteiger partial charge in [0.1, 0.15) is 5.78 Å². The van der Waals surface area contributed by atoms with Gasteiger partial charge in [-0.25, -0.2) is 0 Å². The first-order chi connectivity index (χ1) is 8.26. The topological polar surface area (TPSA) is 17.1 Å². The largest absolute Gasteiger partial charge is 0.299 e. The monoisotopic (exact) mass is 248 g/mol. The lowest BCUT2D eigenvalue weighted by Gasteiger charge is -2.46. The minimum absolute atomic E-state index is 0.0240. The minimum atomic E-state index is -0.0240. The molecular weight excluding hydrogens is 220 g/mol. The van der Waals surface area contributed by atoms with Crippen LogP contribution in [0.25, 0.3) is 0 Å². The number of hydrogen-bond acceptors (Lipinski definition) is 1. The van der Waals surface area contributed by atoms with Crippen LogP contribution < -0.4 is 0 Å². The van der Waals surface area contributed by atoms with Crippen LogP contribution in [-0.2, 0) is 4.79 Å². The van der Waals surface area contributed by atoms with Gasteiger partial charge in [0.15, 0.2) is 0 Å². The maximum absolute atomic E-state index is 12.3. The standard InChI is InChI=1S/C17H28O/c1-11-6-9-17-10-13(11)15(3,4)14(17)7-8-16(17,5)12(2)18/h11,13-14H,6-10H2,1-5H3/t11-,13-,14+,16+,17+/m1/s1. The lowest BCUT2D eigenvalue weighted by molar-refractivity contribution is -0.134. The lowest BCUT2D eigenvalue weighted by atomic mass is 9.57. The van der Waals surface area contributed by atoms with Gasteiger partial charge in [0.05, 0.1) is 0 Å². The molecule has 2 bridgehead atoms. The van der Waals surface area contributed by atoms with E-state index in [1.165, 1.54) is 25.7 Å². The number of carbonyl (C=O) groups excluding carboxylic acids is 1. The summed E-state index contributed by atoms with van der Waals surface area (Å²) < 4.78 is 0. The van der Waals surface area contributed by atoms with Gasteiger partial charge in [0.25, 0.3) is 0 Å². The van der Waals surface area contributed by atoms with Crippen LogP contribution in [0, 0.1) is 34.0 Å². The van der Waals surface area contributed by atoms with Crippen LogP contribution in [0.1, 0.15) is 66.7 Å².